The number of fused-ring (bicyclic) bond motifs is 1. The molecule has 0 heterocycles. The van der Waals surface area contributed by atoms with Crippen LogP contribution >= 0.6 is 17.0 Å². The Morgan fingerprint density at radius 3 is 2.08 bits per heavy atom. The van der Waals surface area contributed by atoms with E-state index >= 15 is 0 Å². The average molecular weight is 428 g/mol. The third-order valence-corrected chi connectivity index (χ3v) is 4.19. The molecule has 2 N–H and O–H groups in total. The number of carbonyl (C=O) groups excluding carboxylic acids is 2. The van der Waals surface area contributed by atoms with Gasteiger partial charge in [-0.2, -0.15) is 0 Å². The molecule has 2 rings (SSSR count). The average Bonchev–Trinajstić information content (AvgIpc) is 2.47. The molecule has 0 radical (unpaired) electrons. The summed E-state index contributed by atoms with van der Waals surface area (Å²) in [6.45, 7) is 10.7. The first kappa shape index (κ1) is 22.6. The van der Waals surface area contributed by atoms with Gasteiger partial charge in [0.25, 0.3) is 0 Å². The van der Waals surface area contributed by atoms with Crippen LogP contribution in [0.2, 0.25) is 0 Å². The molecule has 1 aromatic rings. The van der Waals surface area contributed by atoms with Gasteiger partial charge in [0.05, 0.1) is 10.8 Å². The van der Waals surface area contributed by atoms with Crippen LogP contribution in [0.15, 0.2) is 12.1 Å². The van der Waals surface area contributed by atoms with Gasteiger partial charge in [-0.05, 0) is 72.4 Å². The molecule has 1 unspecified atom stereocenters. The number of hydrogen-bond donors (Lipinski definition) is 1. The fourth-order valence-corrected chi connectivity index (χ4v) is 2.52. The minimum absolute atomic E-state index is 0. The van der Waals surface area contributed by atoms with Gasteiger partial charge in [-0.1, -0.05) is 6.07 Å². The van der Waals surface area contributed by atoms with Gasteiger partial charge in [-0.3, -0.25) is 9.59 Å². The molecule has 1 aliphatic carbocycles. The van der Waals surface area contributed by atoms with E-state index in [1.807, 2.05) is 6.07 Å². The molecule has 5 nitrogen and oxygen atoms in total. The van der Waals surface area contributed by atoms with Crippen LogP contribution in [0.5, 0.6) is 11.5 Å². The van der Waals surface area contributed by atoms with Crippen molar-refractivity contribution in [2.45, 2.75) is 66.8 Å². The van der Waals surface area contributed by atoms with Gasteiger partial charge in [0, 0.05) is 11.6 Å². The minimum Gasteiger partial charge on any atom is -0.422 e. The van der Waals surface area contributed by atoms with Crippen LogP contribution in [-0.4, -0.2) is 18.0 Å². The highest BCUT2D eigenvalue weighted by Crippen LogP contribution is 2.39. The summed E-state index contributed by atoms with van der Waals surface area (Å²) >= 11 is 0. The zero-order valence-electron chi connectivity index (χ0n) is 16.5. The molecule has 0 aliphatic heterocycles. The number of halogens is 1. The summed E-state index contributed by atoms with van der Waals surface area (Å²) in [6, 6.07) is 3.71. The largest absolute Gasteiger partial charge is 0.422 e. The highest BCUT2D eigenvalue weighted by Gasteiger charge is 2.31. The molecule has 0 aromatic heterocycles. The molecule has 26 heavy (non-hydrogen) atoms. The number of carbonyl (C=O) groups is 2. The van der Waals surface area contributed by atoms with Crippen molar-refractivity contribution in [1.82, 2.24) is 0 Å². The summed E-state index contributed by atoms with van der Waals surface area (Å²) in [6.07, 6.45) is 2.23. The van der Waals surface area contributed by atoms with E-state index in [-0.39, 0.29) is 35.0 Å². The van der Waals surface area contributed by atoms with E-state index in [0.29, 0.717) is 17.9 Å². The maximum Gasteiger partial charge on any atom is 0.316 e. The molecule has 0 saturated carbocycles. The first-order valence-corrected chi connectivity index (χ1v) is 8.74. The zero-order chi connectivity index (χ0) is 19.0. The van der Waals surface area contributed by atoms with Crippen LogP contribution in [0.25, 0.3) is 0 Å². The number of benzene rings is 1. The van der Waals surface area contributed by atoms with Gasteiger partial charge in [-0.15, -0.1) is 17.0 Å². The normalized spacial score (nSPS) is 17.0. The summed E-state index contributed by atoms with van der Waals surface area (Å²) in [5, 5.41) is 0. The fraction of sp³-hybridized carbons (Fsp3) is 0.600. The Hall–Kier alpha value is -1.40. The summed E-state index contributed by atoms with van der Waals surface area (Å²) in [5.74, 6) is -0.0643. The van der Waals surface area contributed by atoms with Crippen LogP contribution in [0, 0.1) is 10.8 Å². The molecule has 146 valence electrons. The van der Waals surface area contributed by atoms with Crippen molar-refractivity contribution in [3.05, 3.63) is 23.3 Å². The van der Waals surface area contributed by atoms with Crippen LogP contribution in [-0.2, 0) is 22.4 Å². The first-order chi connectivity index (χ1) is 11.4. The predicted octanol–water partition coefficient (Wildman–Crippen LogP) is 3.98. The van der Waals surface area contributed by atoms with Gasteiger partial charge in [0.2, 0.25) is 0 Å². The lowest BCUT2D eigenvalue weighted by molar-refractivity contribution is -0.145. The smallest absolute Gasteiger partial charge is 0.316 e. The number of esters is 2. The number of hydrogen-bond acceptors (Lipinski definition) is 5. The van der Waals surface area contributed by atoms with E-state index < -0.39 is 10.8 Å². The monoisotopic (exact) mass is 427 g/mol. The van der Waals surface area contributed by atoms with Gasteiger partial charge in [0.15, 0.2) is 11.5 Å². The van der Waals surface area contributed by atoms with Crippen molar-refractivity contribution >= 4 is 28.9 Å². The van der Waals surface area contributed by atoms with Crippen molar-refractivity contribution in [3.8, 4) is 11.5 Å². The molecule has 0 fully saturated rings. The first-order valence-electron chi connectivity index (χ1n) is 8.74. The van der Waals surface area contributed by atoms with E-state index in [2.05, 4.69) is 0 Å². The van der Waals surface area contributed by atoms with Crippen LogP contribution in [0.3, 0.4) is 0 Å². The standard InChI is InChI=1S/C20H29NO4.BrH/c1-19(2,3)17(22)24-15-10-7-12-11-13(21)8-9-14(12)16(15)25-18(23)20(4,5)6;/h7,10,13H,8-9,11,21H2,1-6H3;1H. The molecule has 0 saturated heterocycles. The zero-order valence-corrected chi connectivity index (χ0v) is 18.2. The van der Waals surface area contributed by atoms with E-state index in [4.69, 9.17) is 15.2 Å². The highest BCUT2D eigenvalue weighted by molar-refractivity contribution is 8.93. The SMILES string of the molecule is Br.CC(C)(C)C(=O)Oc1ccc2c(c1OC(=O)C(C)(C)C)CCC(N)C2. The van der Waals surface area contributed by atoms with E-state index in [1.165, 1.54) is 0 Å². The number of nitrogens with two attached hydrogens (primary N) is 1. The highest BCUT2D eigenvalue weighted by atomic mass is 79.9. The van der Waals surface area contributed by atoms with Crippen LogP contribution < -0.4 is 15.2 Å². The maximum atomic E-state index is 12.4. The lowest BCUT2D eigenvalue weighted by Gasteiger charge is -2.27. The Balaban J connectivity index is 0.00000338. The molecule has 6 heteroatoms. The molecular weight excluding hydrogens is 398 g/mol. The fourth-order valence-electron chi connectivity index (χ4n) is 2.52. The molecule has 1 aromatic carbocycles. The number of rotatable bonds is 2. The van der Waals surface area contributed by atoms with Crippen LogP contribution in [0.1, 0.15) is 59.1 Å². The minimum atomic E-state index is -0.654. The molecule has 1 atom stereocenters. The second kappa shape index (κ2) is 8.09. The third-order valence-electron chi connectivity index (χ3n) is 4.19. The van der Waals surface area contributed by atoms with Gasteiger partial charge >= 0.3 is 11.9 Å². The predicted molar refractivity (Wildman–Crippen MR) is 107 cm³/mol. The Labute approximate surface area is 166 Å². The summed E-state index contributed by atoms with van der Waals surface area (Å²) in [4.78, 5) is 24.7. The Bertz CT molecular complexity index is 686. The van der Waals surface area contributed by atoms with Gasteiger partial charge in [0.1, 0.15) is 0 Å². The molecular formula is C20H30BrNO4. The number of ether oxygens (including phenoxy) is 2. The Morgan fingerprint density at radius 2 is 1.54 bits per heavy atom. The topological polar surface area (TPSA) is 78.6 Å². The lowest BCUT2D eigenvalue weighted by atomic mass is 9.87. The van der Waals surface area contributed by atoms with Crippen molar-refractivity contribution in [2.75, 3.05) is 0 Å². The van der Waals surface area contributed by atoms with Gasteiger partial charge < -0.3 is 15.2 Å². The van der Waals surface area contributed by atoms with E-state index in [0.717, 1.165) is 24.0 Å². The van der Waals surface area contributed by atoms with Crippen LogP contribution in [0.4, 0.5) is 0 Å². The van der Waals surface area contributed by atoms with Crippen molar-refractivity contribution in [3.63, 3.8) is 0 Å². The second-order valence-electron chi connectivity index (χ2n) is 8.81. The molecule has 0 amide bonds. The Kier molecular flexibility index (Phi) is 7.04. The van der Waals surface area contributed by atoms with Gasteiger partial charge in [-0.25, -0.2) is 0 Å². The maximum absolute atomic E-state index is 12.4. The van der Waals surface area contributed by atoms with E-state index in [1.54, 1.807) is 47.6 Å². The second-order valence-corrected chi connectivity index (χ2v) is 8.81. The summed E-state index contributed by atoms with van der Waals surface area (Å²) in [7, 11) is 0. The molecule has 0 bridgehead atoms. The lowest BCUT2D eigenvalue weighted by Crippen LogP contribution is -2.31. The summed E-state index contributed by atoms with van der Waals surface area (Å²) < 4.78 is 11.3. The summed E-state index contributed by atoms with van der Waals surface area (Å²) in [5.41, 5.74) is 6.71. The Morgan fingerprint density at radius 1 is 1.00 bits per heavy atom. The van der Waals surface area contributed by atoms with E-state index in [9.17, 15) is 9.59 Å². The van der Waals surface area contributed by atoms with Crippen molar-refractivity contribution in [2.24, 2.45) is 16.6 Å². The third kappa shape index (κ3) is 5.30. The van der Waals surface area contributed by atoms with Crippen molar-refractivity contribution < 1.29 is 19.1 Å². The quantitative estimate of drug-likeness (QED) is 0.570. The molecule has 1 aliphatic rings. The van der Waals surface area contributed by atoms with Crippen molar-refractivity contribution in [1.29, 1.82) is 0 Å². The molecule has 0 spiro atoms.